The standard InChI is InChI=1S/C12H20N4/c1-10-8-11(2)14-12(13-10)9-16-6-4-15(3)5-7-16/h8H,4-7,9H2,1-3H3. The maximum Gasteiger partial charge on any atom is 0.142 e. The molecule has 0 aromatic carbocycles. The van der Waals surface area contributed by atoms with Gasteiger partial charge in [0.15, 0.2) is 0 Å². The van der Waals surface area contributed by atoms with E-state index in [0.717, 1.165) is 49.9 Å². The first-order chi connectivity index (χ1) is 7.63. The van der Waals surface area contributed by atoms with Crippen molar-refractivity contribution in [2.24, 2.45) is 0 Å². The van der Waals surface area contributed by atoms with Crippen molar-refractivity contribution in [1.82, 2.24) is 19.8 Å². The van der Waals surface area contributed by atoms with Crippen LogP contribution in [0, 0.1) is 13.8 Å². The van der Waals surface area contributed by atoms with E-state index in [1.807, 2.05) is 19.9 Å². The van der Waals surface area contributed by atoms with Gasteiger partial charge in [-0.3, -0.25) is 4.90 Å². The minimum Gasteiger partial charge on any atom is -0.304 e. The zero-order valence-electron chi connectivity index (χ0n) is 10.4. The number of hydrogen-bond donors (Lipinski definition) is 0. The average molecular weight is 220 g/mol. The Morgan fingerprint density at radius 2 is 1.62 bits per heavy atom. The highest BCUT2D eigenvalue weighted by Crippen LogP contribution is 2.06. The highest BCUT2D eigenvalue weighted by molar-refractivity contribution is 5.08. The summed E-state index contributed by atoms with van der Waals surface area (Å²) in [5.74, 6) is 0.960. The van der Waals surface area contributed by atoms with Crippen molar-refractivity contribution in [2.45, 2.75) is 20.4 Å². The summed E-state index contributed by atoms with van der Waals surface area (Å²) in [6, 6.07) is 2.02. The molecule has 1 aromatic rings. The SMILES string of the molecule is Cc1cc(C)nc(CN2CCN(C)CC2)n1. The molecule has 2 heterocycles. The molecule has 0 N–H and O–H groups in total. The molecule has 0 atom stereocenters. The molecule has 88 valence electrons. The second-order valence-electron chi connectivity index (χ2n) is 4.65. The van der Waals surface area contributed by atoms with Crippen LogP contribution < -0.4 is 0 Å². The second-order valence-corrected chi connectivity index (χ2v) is 4.65. The summed E-state index contributed by atoms with van der Waals surface area (Å²) < 4.78 is 0. The Morgan fingerprint density at radius 1 is 1.06 bits per heavy atom. The van der Waals surface area contributed by atoms with E-state index in [1.165, 1.54) is 0 Å². The molecule has 0 spiro atoms. The van der Waals surface area contributed by atoms with Crippen LogP contribution in [0.4, 0.5) is 0 Å². The Kier molecular flexibility index (Phi) is 3.51. The minimum atomic E-state index is 0.885. The molecule has 0 aliphatic carbocycles. The topological polar surface area (TPSA) is 32.3 Å². The fraction of sp³-hybridized carbons (Fsp3) is 0.667. The molecular weight excluding hydrogens is 200 g/mol. The lowest BCUT2D eigenvalue weighted by Crippen LogP contribution is -2.44. The van der Waals surface area contributed by atoms with Gasteiger partial charge < -0.3 is 4.90 Å². The maximum atomic E-state index is 4.48. The molecule has 1 fully saturated rings. The van der Waals surface area contributed by atoms with Crippen molar-refractivity contribution in [1.29, 1.82) is 0 Å². The molecule has 4 nitrogen and oxygen atoms in total. The highest BCUT2D eigenvalue weighted by atomic mass is 15.3. The van der Waals surface area contributed by atoms with Crippen LogP contribution in [0.25, 0.3) is 0 Å². The molecule has 0 bridgehead atoms. The zero-order chi connectivity index (χ0) is 11.5. The fourth-order valence-electron chi connectivity index (χ4n) is 2.08. The Hall–Kier alpha value is -1.00. The van der Waals surface area contributed by atoms with E-state index < -0.39 is 0 Å². The van der Waals surface area contributed by atoms with Gasteiger partial charge in [0.1, 0.15) is 5.82 Å². The number of rotatable bonds is 2. The van der Waals surface area contributed by atoms with Gasteiger partial charge in [-0.2, -0.15) is 0 Å². The Bertz CT molecular complexity index is 336. The number of piperazine rings is 1. The number of hydrogen-bond acceptors (Lipinski definition) is 4. The molecule has 1 aromatic heterocycles. The first kappa shape index (κ1) is 11.5. The van der Waals surface area contributed by atoms with E-state index in [9.17, 15) is 0 Å². The Labute approximate surface area is 97.3 Å². The van der Waals surface area contributed by atoms with Crippen LogP contribution in [0.5, 0.6) is 0 Å². The van der Waals surface area contributed by atoms with Crippen molar-refractivity contribution in [3.8, 4) is 0 Å². The molecule has 0 amide bonds. The molecule has 0 unspecified atom stereocenters. The average Bonchev–Trinajstić information content (AvgIpc) is 2.20. The predicted octanol–water partition coefficient (Wildman–Crippen LogP) is 0.841. The predicted molar refractivity (Wildman–Crippen MR) is 64.3 cm³/mol. The van der Waals surface area contributed by atoms with E-state index in [2.05, 4.69) is 26.8 Å². The molecule has 0 radical (unpaired) electrons. The van der Waals surface area contributed by atoms with Crippen LogP contribution in [-0.4, -0.2) is 53.0 Å². The van der Waals surface area contributed by atoms with Gasteiger partial charge in [0, 0.05) is 37.6 Å². The van der Waals surface area contributed by atoms with Crippen molar-refractivity contribution in [3.05, 3.63) is 23.3 Å². The van der Waals surface area contributed by atoms with Crippen molar-refractivity contribution in [3.63, 3.8) is 0 Å². The summed E-state index contributed by atoms with van der Waals surface area (Å²) >= 11 is 0. The molecule has 1 aliphatic heterocycles. The first-order valence-corrected chi connectivity index (χ1v) is 5.85. The Morgan fingerprint density at radius 3 is 2.19 bits per heavy atom. The van der Waals surface area contributed by atoms with Crippen LogP contribution in [-0.2, 0) is 6.54 Å². The van der Waals surface area contributed by atoms with Gasteiger partial charge in [-0.1, -0.05) is 0 Å². The quantitative estimate of drug-likeness (QED) is 0.739. The molecular formula is C12H20N4. The second kappa shape index (κ2) is 4.89. The lowest BCUT2D eigenvalue weighted by Gasteiger charge is -2.31. The minimum absolute atomic E-state index is 0.885. The Balaban J connectivity index is 1.98. The van der Waals surface area contributed by atoms with E-state index in [-0.39, 0.29) is 0 Å². The molecule has 4 heteroatoms. The van der Waals surface area contributed by atoms with Gasteiger partial charge in [0.25, 0.3) is 0 Å². The summed E-state index contributed by atoms with van der Waals surface area (Å²) in [5.41, 5.74) is 2.13. The van der Waals surface area contributed by atoms with Gasteiger partial charge in [-0.25, -0.2) is 9.97 Å². The summed E-state index contributed by atoms with van der Waals surface area (Å²) in [6.45, 7) is 9.47. The number of likely N-dealkylation sites (N-methyl/N-ethyl adjacent to an activating group) is 1. The molecule has 16 heavy (non-hydrogen) atoms. The molecule has 1 aliphatic rings. The third kappa shape index (κ3) is 3.00. The normalized spacial score (nSPS) is 18.9. The molecule has 1 saturated heterocycles. The smallest absolute Gasteiger partial charge is 0.142 e. The first-order valence-electron chi connectivity index (χ1n) is 5.85. The van der Waals surface area contributed by atoms with Crippen molar-refractivity contribution in [2.75, 3.05) is 33.2 Å². The van der Waals surface area contributed by atoms with Gasteiger partial charge in [-0.15, -0.1) is 0 Å². The lowest BCUT2D eigenvalue weighted by molar-refractivity contribution is 0.145. The lowest BCUT2D eigenvalue weighted by atomic mass is 10.3. The third-order valence-electron chi connectivity index (χ3n) is 2.99. The summed E-state index contributed by atoms with van der Waals surface area (Å²) in [6.07, 6.45) is 0. The summed E-state index contributed by atoms with van der Waals surface area (Å²) in [4.78, 5) is 13.7. The van der Waals surface area contributed by atoms with Crippen molar-refractivity contribution >= 4 is 0 Å². The van der Waals surface area contributed by atoms with Crippen LogP contribution in [0.15, 0.2) is 6.07 Å². The third-order valence-corrected chi connectivity index (χ3v) is 2.99. The van der Waals surface area contributed by atoms with Gasteiger partial charge >= 0.3 is 0 Å². The largest absolute Gasteiger partial charge is 0.304 e. The van der Waals surface area contributed by atoms with E-state index in [4.69, 9.17) is 0 Å². The van der Waals surface area contributed by atoms with E-state index >= 15 is 0 Å². The number of aromatic nitrogens is 2. The van der Waals surface area contributed by atoms with Crippen LogP contribution >= 0.6 is 0 Å². The van der Waals surface area contributed by atoms with Gasteiger partial charge in [0.05, 0.1) is 6.54 Å². The summed E-state index contributed by atoms with van der Waals surface area (Å²) in [5, 5.41) is 0. The highest BCUT2D eigenvalue weighted by Gasteiger charge is 2.14. The van der Waals surface area contributed by atoms with Gasteiger partial charge in [-0.05, 0) is 27.0 Å². The number of nitrogens with zero attached hydrogens (tertiary/aromatic N) is 4. The van der Waals surface area contributed by atoms with E-state index in [0.29, 0.717) is 0 Å². The van der Waals surface area contributed by atoms with Crippen molar-refractivity contribution < 1.29 is 0 Å². The monoisotopic (exact) mass is 220 g/mol. The van der Waals surface area contributed by atoms with Crippen LogP contribution in [0.1, 0.15) is 17.2 Å². The van der Waals surface area contributed by atoms with E-state index in [1.54, 1.807) is 0 Å². The van der Waals surface area contributed by atoms with Crippen LogP contribution in [0.3, 0.4) is 0 Å². The maximum absolute atomic E-state index is 4.48. The van der Waals surface area contributed by atoms with Crippen LogP contribution in [0.2, 0.25) is 0 Å². The molecule has 0 saturated carbocycles. The number of aryl methyl sites for hydroxylation is 2. The zero-order valence-corrected chi connectivity index (χ0v) is 10.4. The van der Waals surface area contributed by atoms with Gasteiger partial charge in [0.2, 0.25) is 0 Å². The molecule has 2 rings (SSSR count). The summed E-state index contributed by atoms with van der Waals surface area (Å²) in [7, 11) is 2.17. The fourth-order valence-corrected chi connectivity index (χ4v) is 2.08.